The Labute approximate surface area is 304 Å². The molecule has 0 unspecified atom stereocenters. The molecule has 0 bridgehead atoms. The topological polar surface area (TPSA) is 271 Å². The number of aliphatic hydroxyl groups is 1. The van der Waals surface area contributed by atoms with Gasteiger partial charge in [0.15, 0.2) is 16.3 Å². The molecule has 0 spiro atoms. The molecule has 20 heteroatoms. The molecule has 3 aromatic heterocycles. The van der Waals surface area contributed by atoms with Crippen molar-refractivity contribution in [2.45, 2.75) is 75.6 Å². The van der Waals surface area contributed by atoms with Crippen molar-refractivity contribution < 1.29 is 48.8 Å². The highest BCUT2D eigenvalue weighted by Gasteiger charge is 2.41. The van der Waals surface area contributed by atoms with E-state index in [1.807, 2.05) is 0 Å². The van der Waals surface area contributed by atoms with Gasteiger partial charge < -0.3 is 40.4 Å². The third-order valence-corrected chi connectivity index (χ3v) is 9.88. The smallest absolute Gasteiger partial charge is 0.336 e. The van der Waals surface area contributed by atoms with E-state index in [0.29, 0.717) is 40.2 Å². The van der Waals surface area contributed by atoms with E-state index in [1.165, 1.54) is 11.3 Å². The molecule has 1 aliphatic carbocycles. The lowest BCUT2D eigenvalue weighted by atomic mass is 9.82. The number of rotatable bonds is 10. The van der Waals surface area contributed by atoms with E-state index in [2.05, 4.69) is 48.0 Å². The number of aryl methyl sites for hydroxylation is 1. The lowest BCUT2D eigenvalue weighted by Gasteiger charge is -2.35. The van der Waals surface area contributed by atoms with Crippen LogP contribution in [0.2, 0.25) is 5.02 Å². The number of aromatic nitrogens is 5. The number of hydrogen-bond acceptors (Lipinski definition) is 14. The van der Waals surface area contributed by atoms with Crippen LogP contribution in [-0.2, 0) is 27.3 Å². The summed E-state index contributed by atoms with van der Waals surface area (Å²) in [6.07, 6.45) is 0.407. The Kier molecular flexibility index (Phi) is 11.8. The van der Waals surface area contributed by atoms with E-state index in [9.17, 15) is 24.0 Å². The fourth-order valence-electron chi connectivity index (χ4n) is 5.93. The minimum Gasteiger partial charge on any atom is -0.481 e. The van der Waals surface area contributed by atoms with E-state index in [1.54, 1.807) is 31.2 Å². The number of halogens is 1. The Morgan fingerprint density at radius 3 is 2.35 bits per heavy atom. The summed E-state index contributed by atoms with van der Waals surface area (Å²) >= 11 is 7.47. The third kappa shape index (κ3) is 9.40. The normalized spacial score (nSPS) is 18.8. The molecular weight excluding hydrogens is 724 g/mol. The van der Waals surface area contributed by atoms with E-state index >= 15 is 0 Å². The largest absolute Gasteiger partial charge is 0.481 e. The lowest BCUT2D eigenvalue weighted by molar-refractivity contribution is -0.170. The fourth-order valence-corrected chi connectivity index (χ4v) is 7.19. The first kappa shape index (κ1) is 38.1. The molecular formula is C32H35ClN8O10S. The molecule has 6 N–H and O–H groups in total. The van der Waals surface area contributed by atoms with Gasteiger partial charge in [0.05, 0.1) is 30.1 Å². The number of thiazole rings is 1. The number of carboxylic acid groups (broad SMARTS) is 3. The summed E-state index contributed by atoms with van der Waals surface area (Å²) in [7, 11) is 2.06. The van der Waals surface area contributed by atoms with Crippen molar-refractivity contribution in [2.75, 3.05) is 13.6 Å². The van der Waals surface area contributed by atoms with Crippen molar-refractivity contribution in [2.24, 2.45) is 0 Å². The third-order valence-electron chi connectivity index (χ3n) is 8.56. The number of carbonyl (C=O) groups is 5. The maximum atomic E-state index is 13.4. The number of carboxylic acids is 3. The molecule has 1 saturated carbocycles. The van der Waals surface area contributed by atoms with Crippen LogP contribution in [-0.4, -0.2) is 112 Å². The van der Waals surface area contributed by atoms with Gasteiger partial charge in [0.1, 0.15) is 0 Å². The first-order chi connectivity index (χ1) is 24.6. The Balaban J connectivity index is 0.000000345. The summed E-state index contributed by atoms with van der Waals surface area (Å²) in [5.41, 5.74) is -0.942. The van der Waals surface area contributed by atoms with Crippen molar-refractivity contribution in [1.82, 2.24) is 40.9 Å². The zero-order chi connectivity index (χ0) is 37.7. The number of nitrogens with one attached hydrogen (secondary N) is 2. The first-order valence-corrected chi connectivity index (χ1v) is 17.2. The number of aliphatic carboxylic acids is 3. The highest BCUT2D eigenvalue weighted by molar-refractivity contribution is 7.13. The number of hydrogen-bond donors (Lipinski definition) is 6. The van der Waals surface area contributed by atoms with Gasteiger partial charge in [0.2, 0.25) is 11.8 Å². The number of nitrogens with zero attached hydrogens (tertiary/aromatic N) is 6. The maximum absolute atomic E-state index is 13.4. The molecule has 52 heavy (non-hydrogen) atoms. The van der Waals surface area contributed by atoms with Gasteiger partial charge in [-0.15, -0.1) is 31.7 Å². The molecule has 2 amide bonds. The Bertz CT molecular complexity index is 1990. The van der Waals surface area contributed by atoms with Gasteiger partial charge in [0, 0.05) is 53.7 Å². The van der Waals surface area contributed by atoms with Crippen LogP contribution in [0.1, 0.15) is 80.7 Å². The fraction of sp³-hybridized carbons (Fsp3) is 0.438. The van der Waals surface area contributed by atoms with E-state index in [-0.39, 0.29) is 35.5 Å². The summed E-state index contributed by atoms with van der Waals surface area (Å²) in [5.74, 6) is -4.61. The van der Waals surface area contributed by atoms with E-state index in [4.69, 9.17) is 36.4 Å². The van der Waals surface area contributed by atoms with Crippen molar-refractivity contribution in [3.63, 3.8) is 0 Å². The van der Waals surface area contributed by atoms with Gasteiger partial charge in [-0.25, -0.2) is 9.78 Å². The Hall–Kier alpha value is -5.11. The molecule has 6 rings (SSSR count). The Morgan fingerprint density at radius 1 is 0.981 bits per heavy atom. The van der Waals surface area contributed by atoms with E-state index < -0.39 is 36.4 Å². The molecule has 2 aliphatic rings. The quantitative estimate of drug-likeness (QED) is 0.135. The molecule has 3 atom stereocenters. The number of likely N-dealkylation sites (N-methyl/N-ethyl adjacent to an activating group) is 1. The number of benzene rings is 1. The molecule has 1 aromatic carbocycles. The molecule has 0 saturated heterocycles. The van der Waals surface area contributed by atoms with Gasteiger partial charge in [-0.2, -0.15) is 0 Å². The predicted molar refractivity (Wildman–Crippen MR) is 182 cm³/mol. The molecule has 1 aliphatic heterocycles. The second-order valence-electron chi connectivity index (χ2n) is 12.6. The van der Waals surface area contributed by atoms with Gasteiger partial charge in [0.25, 0.3) is 11.8 Å². The summed E-state index contributed by atoms with van der Waals surface area (Å²) in [6, 6.07) is 6.23. The number of carbonyl (C=O) groups excluding carboxylic acids is 2. The zero-order valence-electron chi connectivity index (χ0n) is 27.9. The van der Waals surface area contributed by atoms with Crippen LogP contribution in [0.15, 0.2) is 28.7 Å². The molecule has 4 heterocycles. The standard InChI is InChI=1S/C26H27ClN8O3S.C6H8O7/c1-13-31-34-25(38-13)15-4-6-17(28-23(36)21-9-14-3-5-16(27)11-19(14)32-33-21)20(10-15)29-24(37)26-30-18-7-8-35(2)12-22(18)39-26;7-3(8)1-6(13,5(11)12)2-4(9)10/h3,5,9,11,15,17,20H,4,6-8,10,12H2,1-2H3,(H,28,36)(H,29,37);13H,1-2H2,(H,7,8)(H,9,10)(H,11,12)/t15-,17-,20+;/m0./s1. The molecule has 1 fully saturated rings. The lowest BCUT2D eigenvalue weighted by Crippen LogP contribution is -2.54. The van der Waals surface area contributed by atoms with Gasteiger partial charge in [-0.3, -0.25) is 19.2 Å². The average molecular weight is 759 g/mol. The Morgan fingerprint density at radius 2 is 1.69 bits per heavy atom. The molecule has 0 radical (unpaired) electrons. The van der Waals surface area contributed by atoms with Crippen LogP contribution < -0.4 is 10.6 Å². The highest BCUT2D eigenvalue weighted by Crippen LogP contribution is 2.33. The minimum atomic E-state index is -2.74. The van der Waals surface area contributed by atoms with Crippen molar-refractivity contribution in [1.29, 1.82) is 0 Å². The monoisotopic (exact) mass is 758 g/mol. The zero-order valence-corrected chi connectivity index (χ0v) is 29.5. The van der Waals surface area contributed by atoms with Crippen LogP contribution in [0.25, 0.3) is 10.9 Å². The maximum Gasteiger partial charge on any atom is 0.336 e. The van der Waals surface area contributed by atoms with Gasteiger partial charge in [-0.1, -0.05) is 17.7 Å². The summed E-state index contributed by atoms with van der Waals surface area (Å²) in [4.78, 5) is 65.0. The van der Waals surface area contributed by atoms with Crippen LogP contribution in [0.3, 0.4) is 0 Å². The van der Waals surface area contributed by atoms with E-state index in [0.717, 1.165) is 41.9 Å². The van der Waals surface area contributed by atoms with Gasteiger partial charge >= 0.3 is 17.9 Å². The minimum absolute atomic E-state index is 0.0342. The average Bonchev–Trinajstić information content (AvgIpc) is 3.70. The van der Waals surface area contributed by atoms with Crippen molar-refractivity contribution in [3.8, 4) is 0 Å². The molecule has 18 nitrogen and oxygen atoms in total. The number of amides is 2. The second kappa shape index (κ2) is 16.1. The summed E-state index contributed by atoms with van der Waals surface area (Å²) in [6.45, 7) is 3.46. The second-order valence-corrected chi connectivity index (χ2v) is 14.1. The van der Waals surface area contributed by atoms with Crippen molar-refractivity contribution >= 4 is 63.6 Å². The SMILES string of the molecule is Cc1nnc([C@H]2CC[C@H](NC(=O)c3cc4ccc(Cl)cc4nn3)[C@H](NC(=O)c3nc4c(s3)CN(C)CC4)C2)o1.O=C(O)CC(O)(CC(=O)O)C(=O)O. The number of fused-ring (bicyclic) bond motifs is 2. The molecule has 276 valence electrons. The highest BCUT2D eigenvalue weighted by atomic mass is 35.5. The summed E-state index contributed by atoms with van der Waals surface area (Å²) in [5, 5.41) is 58.2. The van der Waals surface area contributed by atoms with Crippen LogP contribution in [0.4, 0.5) is 0 Å². The van der Waals surface area contributed by atoms with Crippen LogP contribution in [0.5, 0.6) is 0 Å². The molecule has 4 aromatic rings. The summed E-state index contributed by atoms with van der Waals surface area (Å²) < 4.78 is 5.70. The first-order valence-electron chi connectivity index (χ1n) is 16.0. The van der Waals surface area contributed by atoms with Crippen LogP contribution >= 0.6 is 22.9 Å². The van der Waals surface area contributed by atoms with Crippen molar-refractivity contribution in [3.05, 3.63) is 62.3 Å². The predicted octanol–water partition coefficient (Wildman–Crippen LogP) is 2.04. The van der Waals surface area contributed by atoms with Crippen LogP contribution in [0, 0.1) is 6.92 Å². The van der Waals surface area contributed by atoms with Gasteiger partial charge in [-0.05, 0) is 44.5 Å².